The first-order valence-electron chi connectivity index (χ1n) is 6.76. The highest BCUT2D eigenvalue weighted by Crippen LogP contribution is 2.37. The molecule has 1 aromatic carbocycles. The van der Waals surface area contributed by atoms with Crippen LogP contribution in [0.15, 0.2) is 24.3 Å². The molecule has 104 valence electrons. The van der Waals surface area contributed by atoms with Gasteiger partial charge in [-0.25, -0.2) is 9.18 Å². The van der Waals surface area contributed by atoms with E-state index in [1.165, 1.54) is 6.07 Å². The second-order valence-corrected chi connectivity index (χ2v) is 5.57. The van der Waals surface area contributed by atoms with Crippen molar-refractivity contribution in [1.82, 2.24) is 10.2 Å². The van der Waals surface area contributed by atoms with Gasteiger partial charge in [0.25, 0.3) is 0 Å². The van der Waals surface area contributed by atoms with E-state index < -0.39 is 0 Å². The molecule has 0 spiro atoms. The number of nitrogens with one attached hydrogen (secondary N) is 1. The van der Waals surface area contributed by atoms with Crippen LogP contribution in [0.3, 0.4) is 0 Å². The van der Waals surface area contributed by atoms with Gasteiger partial charge in [0.05, 0.1) is 0 Å². The number of benzene rings is 1. The Balaban J connectivity index is 1.82. The number of urea groups is 1. The van der Waals surface area contributed by atoms with Crippen LogP contribution in [0.1, 0.15) is 38.2 Å². The van der Waals surface area contributed by atoms with E-state index in [9.17, 15) is 9.18 Å². The molecule has 0 aliphatic heterocycles. The van der Waals surface area contributed by atoms with Crippen LogP contribution in [0.2, 0.25) is 0 Å². The fourth-order valence-corrected chi connectivity index (χ4v) is 2.28. The van der Waals surface area contributed by atoms with Crippen molar-refractivity contribution in [3.8, 4) is 0 Å². The summed E-state index contributed by atoms with van der Waals surface area (Å²) in [6, 6.07) is 7.11. The summed E-state index contributed by atoms with van der Waals surface area (Å²) in [4.78, 5) is 13.5. The van der Waals surface area contributed by atoms with E-state index in [0.717, 1.165) is 18.4 Å². The quantitative estimate of drug-likeness (QED) is 0.893. The van der Waals surface area contributed by atoms with E-state index in [0.29, 0.717) is 5.92 Å². The average Bonchev–Trinajstić information content (AvgIpc) is 2.31. The van der Waals surface area contributed by atoms with Gasteiger partial charge in [-0.3, -0.25) is 0 Å². The Morgan fingerprint density at radius 2 is 2.11 bits per heavy atom. The second-order valence-electron chi connectivity index (χ2n) is 5.57. The van der Waals surface area contributed by atoms with Gasteiger partial charge in [-0.15, -0.1) is 0 Å². The van der Waals surface area contributed by atoms with Gasteiger partial charge in [-0.1, -0.05) is 12.1 Å². The number of carbonyl (C=O) groups excluding carboxylic acids is 1. The van der Waals surface area contributed by atoms with Crippen LogP contribution >= 0.6 is 0 Å². The van der Waals surface area contributed by atoms with Gasteiger partial charge in [0.15, 0.2) is 0 Å². The lowest BCUT2D eigenvalue weighted by Gasteiger charge is -2.37. The van der Waals surface area contributed by atoms with Crippen LogP contribution in [0.5, 0.6) is 0 Å². The number of hydrogen-bond donors (Lipinski definition) is 1. The van der Waals surface area contributed by atoms with Crippen LogP contribution in [0.25, 0.3) is 0 Å². The molecule has 1 N–H and O–H groups in total. The van der Waals surface area contributed by atoms with Crippen molar-refractivity contribution in [2.45, 2.75) is 44.7 Å². The van der Waals surface area contributed by atoms with Crippen molar-refractivity contribution in [1.29, 1.82) is 0 Å². The monoisotopic (exact) mass is 264 g/mol. The first-order valence-corrected chi connectivity index (χ1v) is 6.76. The molecule has 1 aliphatic carbocycles. The maximum atomic E-state index is 13.1. The SMILES string of the molecule is CC(C)N(C)C(=O)NC1CC(c2cccc(F)c2)C1. The maximum absolute atomic E-state index is 13.1. The minimum Gasteiger partial charge on any atom is -0.335 e. The van der Waals surface area contributed by atoms with E-state index in [-0.39, 0.29) is 23.9 Å². The fraction of sp³-hybridized carbons (Fsp3) is 0.533. The lowest BCUT2D eigenvalue weighted by Crippen LogP contribution is -2.49. The summed E-state index contributed by atoms with van der Waals surface area (Å²) in [5.41, 5.74) is 1.03. The Hall–Kier alpha value is -1.58. The highest BCUT2D eigenvalue weighted by molar-refractivity contribution is 5.74. The zero-order chi connectivity index (χ0) is 14.0. The standard InChI is InChI=1S/C15H21FN2O/c1-10(2)18(3)15(19)17-14-8-12(9-14)11-5-4-6-13(16)7-11/h4-7,10,12,14H,8-9H2,1-3H3,(H,17,19). The number of halogens is 1. The Labute approximate surface area is 113 Å². The first-order chi connectivity index (χ1) is 8.97. The Morgan fingerprint density at radius 1 is 1.42 bits per heavy atom. The molecule has 4 heteroatoms. The van der Waals surface area contributed by atoms with Crippen LogP contribution in [0.4, 0.5) is 9.18 Å². The molecule has 1 saturated carbocycles. The molecule has 2 rings (SSSR count). The molecular formula is C15H21FN2O. The highest BCUT2D eigenvalue weighted by Gasteiger charge is 2.32. The smallest absolute Gasteiger partial charge is 0.317 e. The topological polar surface area (TPSA) is 32.3 Å². The van der Waals surface area contributed by atoms with E-state index in [2.05, 4.69) is 5.32 Å². The molecule has 0 heterocycles. The van der Waals surface area contributed by atoms with Crippen molar-refractivity contribution in [2.75, 3.05) is 7.05 Å². The van der Waals surface area contributed by atoms with Crippen LogP contribution in [-0.2, 0) is 0 Å². The summed E-state index contributed by atoms with van der Waals surface area (Å²) in [6.45, 7) is 3.96. The number of nitrogens with zero attached hydrogens (tertiary/aromatic N) is 1. The van der Waals surface area contributed by atoms with E-state index in [1.54, 1.807) is 24.1 Å². The van der Waals surface area contributed by atoms with Crippen molar-refractivity contribution in [3.63, 3.8) is 0 Å². The number of carbonyl (C=O) groups is 1. The molecule has 0 saturated heterocycles. The predicted octanol–water partition coefficient (Wildman–Crippen LogP) is 3.12. The summed E-state index contributed by atoms with van der Waals surface area (Å²) < 4.78 is 13.1. The van der Waals surface area contributed by atoms with Crippen LogP contribution in [-0.4, -0.2) is 30.1 Å². The molecule has 1 fully saturated rings. The van der Waals surface area contributed by atoms with Gasteiger partial charge in [0.1, 0.15) is 5.82 Å². The molecule has 19 heavy (non-hydrogen) atoms. The predicted molar refractivity (Wildman–Crippen MR) is 73.6 cm³/mol. The van der Waals surface area contributed by atoms with E-state index in [1.807, 2.05) is 19.9 Å². The minimum absolute atomic E-state index is 0.0299. The summed E-state index contributed by atoms with van der Waals surface area (Å²) in [7, 11) is 1.79. The molecule has 0 bridgehead atoms. The molecule has 0 radical (unpaired) electrons. The summed E-state index contributed by atoms with van der Waals surface area (Å²) >= 11 is 0. The van der Waals surface area contributed by atoms with Crippen LogP contribution in [0, 0.1) is 5.82 Å². The summed E-state index contributed by atoms with van der Waals surface area (Å²) in [5, 5.41) is 3.01. The van der Waals surface area contributed by atoms with Gasteiger partial charge in [0.2, 0.25) is 0 Å². The first kappa shape index (κ1) is 13.8. The number of hydrogen-bond acceptors (Lipinski definition) is 1. The van der Waals surface area contributed by atoms with Crippen molar-refractivity contribution >= 4 is 6.03 Å². The largest absolute Gasteiger partial charge is 0.335 e. The normalized spacial score (nSPS) is 21.9. The van der Waals surface area contributed by atoms with Gasteiger partial charge < -0.3 is 10.2 Å². The zero-order valence-corrected chi connectivity index (χ0v) is 11.7. The Bertz CT molecular complexity index is 455. The Morgan fingerprint density at radius 3 is 2.68 bits per heavy atom. The van der Waals surface area contributed by atoms with Crippen LogP contribution < -0.4 is 5.32 Å². The third-order valence-electron chi connectivity index (χ3n) is 3.88. The maximum Gasteiger partial charge on any atom is 0.317 e. The third-order valence-corrected chi connectivity index (χ3v) is 3.88. The van der Waals surface area contributed by atoms with Crippen molar-refractivity contribution in [3.05, 3.63) is 35.6 Å². The molecule has 2 amide bonds. The molecule has 0 atom stereocenters. The summed E-state index contributed by atoms with van der Waals surface area (Å²) in [5.74, 6) is 0.176. The molecule has 0 unspecified atom stereocenters. The molecule has 3 nitrogen and oxygen atoms in total. The molecule has 1 aromatic rings. The number of rotatable bonds is 3. The summed E-state index contributed by atoms with van der Waals surface area (Å²) in [6.07, 6.45) is 1.78. The van der Waals surface area contributed by atoms with Crippen molar-refractivity contribution in [2.24, 2.45) is 0 Å². The molecule has 0 aromatic heterocycles. The zero-order valence-electron chi connectivity index (χ0n) is 11.7. The average molecular weight is 264 g/mol. The minimum atomic E-state index is -0.190. The van der Waals surface area contributed by atoms with Gasteiger partial charge in [-0.05, 0) is 50.3 Å². The third kappa shape index (κ3) is 3.25. The van der Waals surface area contributed by atoms with Gasteiger partial charge in [-0.2, -0.15) is 0 Å². The lowest BCUT2D eigenvalue weighted by atomic mass is 9.76. The molecular weight excluding hydrogens is 243 g/mol. The highest BCUT2D eigenvalue weighted by atomic mass is 19.1. The van der Waals surface area contributed by atoms with E-state index in [4.69, 9.17) is 0 Å². The second kappa shape index (κ2) is 5.59. The van der Waals surface area contributed by atoms with E-state index >= 15 is 0 Å². The fourth-order valence-electron chi connectivity index (χ4n) is 2.28. The number of amides is 2. The van der Waals surface area contributed by atoms with Gasteiger partial charge >= 0.3 is 6.03 Å². The lowest BCUT2D eigenvalue weighted by molar-refractivity contribution is 0.182. The van der Waals surface area contributed by atoms with Gasteiger partial charge in [0, 0.05) is 19.1 Å². The molecule has 1 aliphatic rings. The Kier molecular flexibility index (Phi) is 4.08. The van der Waals surface area contributed by atoms with Crippen molar-refractivity contribution < 1.29 is 9.18 Å².